The van der Waals surface area contributed by atoms with Gasteiger partial charge in [-0.2, -0.15) is 4.31 Å². The first-order valence-electron chi connectivity index (χ1n) is 12.4. The van der Waals surface area contributed by atoms with E-state index >= 15 is 0 Å². The molecule has 3 heterocycles. The van der Waals surface area contributed by atoms with Crippen molar-refractivity contribution in [1.29, 1.82) is 0 Å². The van der Waals surface area contributed by atoms with E-state index in [-0.39, 0.29) is 29.6 Å². The van der Waals surface area contributed by atoms with Gasteiger partial charge in [0.05, 0.1) is 30.6 Å². The zero-order valence-corrected chi connectivity index (χ0v) is 23.3. The summed E-state index contributed by atoms with van der Waals surface area (Å²) in [4.78, 5) is 15.0. The van der Waals surface area contributed by atoms with E-state index in [2.05, 4.69) is 10.2 Å². The van der Waals surface area contributed by atoms with Gasteiger partial charge in [0.1, 0.15) is 11.5 Å². The number of hydrogen-bond acceptors (Lipinski definition) is 8. The summed E-state index contributed by atoms with van der Waals surface area (Å²) in [6.07, 6.45) is 1.61. The molecule has 0 saturated carbocycles. The van der Waals surface area contributed by atoms with Crippen molar-refractivity contribution in [3.63, 3.8) is 0 Å². The van der Waals surface area contributed by atoms with Gasteiger partial charge in [0.25, 0.3) is 0 Å². The Labute approximate surface area is 231 Å². The third-order valence-corrected chi connectivity index (χ3v) is 9.38. The summed E-state index contributed by atoms with van der Waals surface area (Å²) in [5.74, 6) is 2.14. The SMILES string of the molecule is COc1cccc(-c2nnc(SCC(=O)N3CCN(S(=O)(=O)c4ccc(C)cc4)CC3)n2Cc2ccco2)c1. The number of rotatable bonds is 9. The molecule has 5 rings (SSSR count). The highest BCUT2D eigenvalue weighted by molar-refractivity contribution is 7.99. The number of furan rings is 1. The minimum Gasteiger partial charge on any atom is -0.497 e. The molecule has 1 amide bonds. The van der Waals surface area contributed by atoms with Crippen molar-refractivity contribution in [2.45, 2.75) is 23.5 Å². The van der Waals surface area contributed by atoms with Crippen LogP contribution in [0.15, 0.2) is 81.4 Å². The fourth-order valence-electron chi connectivity index (χ4n) is 4.33. The summed E-state index contributed by atoms with van der Waals surface area (Å²) in [5.41, 5.74) is 1.83. The number of sulfonamides is 1. The van der Waals surface area contributed by atoms with Crippen molar-refractivity contribution in [2.24, 2.45) is 0 Å². The van der Waals surface area contributed by atoms with Crippen LogP contribution in [-0.4, -0.2) is 77.3 Å². The van der Waals surface area contributed by atoms with E-state index in [0.717, 1.165) is 16.9 Å². The van der Waals surface area contributed by atoms with E-state index in [1.807, 2.05) is 47.9 Å². The molecule has 12 heteroatoms. The number of piperazine rings is 1. The van der Waals surface area contributed by atoms with Gasteiger partial charge in [-0.15, -0.1) is 10.2 Å². The van der Waals surface area contributed by atoms with E-state index in [9.17, 15) is 13.2 Å². The van der Waals surface area contributed by atoms with Gasteiger partial charge >= 0.3 is 0 Å². The molecule has 2 aromatic carbocycles. The summed E-state index contributed by atoms with van der Waals surface area (Å²) >= 11 is 1.29. The maximum atomic E-state index is 13.1. The Morgan fingerprint density at radius 3 is 2.49 bits per heavy atom. The standard InChI is InChI=1S/C27H29N5O5S2/c1-20-8-10-24(11-9-20)39(34,35)31-14-12-30(13-15-31)25(33)19-38-27-29-28-26(21-5-3-6-22(17-21)36-2)32(27)18-23-7-4-16-37-23/h3-11,16-17H,12-15,18-19H2,1-2H3. The van der Waals surface area contributed by atoms with Gasteiger partial charge < -0.3 is 14.1 Å². The third-order valence-electron chi connectivity index (χ3n) is 6.51. The molecule has 1 aliphatic rings. The van der Waals surface area contributed by atoms with Crippen molar-refractivity contribution < 1.29 is 22.4 Å². The summed E-state index contributed by atoms with van der Waals surface area (Å²) in [6, 6.07) is 18.1. The highest BCUT2D eigenvalue weighted by Gasteiger charge is 2.30. The van der Waals surface area contributed by atoms with Crippen LogP contribution < -0.4 is 4.74 Å². The topological polar surface area (TPSA) is 111 Å². The highest BCUT2D eigenvalue weighted by atomic mass is 32.2. The van der Waals surface area contributed by atoms with Crippen LogP contribution in [-0.2, 0) is 21.4 Å². The summed E-state index contributed by atoms with van der Waals surface area (Å²) < 4.78 is 40.3. The predicted octanol–water partition coefficient (Wildman–Crippen LogP) is 3.53. The summed E-state index contributed by atoms with van der Waals surface area (Å²) in [5, 5.41) is 9.35. The maximum absolute atomic E-state index is 13.1. The number of nitrogens with zero attached hydrogens (tertiary/aromatic N) is 5. The molecular formula is C27H29N5O5S2. The molecule has 10 nitrogen and oxygen atoms in total. The van der Waals surface area contributed by atoms with Gasteiger partial charge in [0.2, 0.25) is 15.9 Å². The molecule has 1 saturated heterocycles. The number of ether oxygens (including phenoxy) is 1. The van der Waals surface area contributed by atoms with E-state index < -0.39 is 10.0 Å². The van der Waals surface area contributed by atoms with Crippen LogP contribution in [0.3, 0.4) is 0 Å². The number of amides is 1. The molecule has 0 radical (unpaired) electrons. The molecule has 39 heavy (non-hydrogen) atoms. The summed E-state index contributed by atoms with van der Waals surface area (Å²) in [6.45, 7) is 3.48. The molecule has 0 N–H and O–H groups in total. The second kappa shape index (κ2) is 11.6. The number of thioether (sulfide) groups is 1. The first-order valence-corrected chi connectivity index (χ1v) is 14.8. The van der Waals surface area contributed by atoms with Gasteiger partial charge in [0, 0.05) is 31.7 Å². The van der Waals surface area contributed by atoms with Gasteiger partial charge in [0.15, 0.2) is 11.0 Å². The van der Waals surface area contributed by atoms with Crippen LogP contribution in [0.2, 0.25) is 0 Å². The molecular weight excluding hydrogens is 538 g/mol. The van der Waals surface area contributed by atoms with Crippen molar-refractivity contribution >= 4 is 27.7 Å². The lowest BCUT2D eigenvalue weighted by molar-refractivity contribution is -0.129. The Morgan fingerprint density at radius 2 is 1.79 bits per heavy atom. The van der Waals surface area contributed by atoms with E-state index in [0.29, 0.717) is 36.4 Å². The van der Waals surface area contributed by atoms with Crippen molar-refractivity contribution in [3.8, 4) is 17.1 Å². The molecule has 0 atom stereocenters. The molecule has 1 fully saturated rings. The number of carbonyl (C=O) groups is 1. The fraction of sp³-hybridized carbons (Fsp3) is 0.296. The molecule has 0 spiro atoms. The second-order valence-electron chi connectivity index (χ2n) is 9.09. The lowest BCUT2D eigenvalue weighted by Crippen LogP contribution is -2.50. The maximum Gasteiger partial charge on any atom is 0.243 e. The number of carbonyl (C=O) groups excluding carboxylic acids is 1. The number of aryl methyl sites for hydroxylation is 1. The predicted molar refractivity (Wildman–Crippen MR) is 147 cm³/mol. The molecule has 1 aliphatic heterocycles. The fourth-order valence-corrected chi connectivity index (χ4v) is 6.59. The molecule has 0 aliphatic carbocycles. The lowest BCUT2D eigenvalue weighted by Gasteiger charge is -2.34. The normalized spacial score (nSPS) is 14.5. The Kier molecular flexibility index (Phi) is 8.05. The first kappa shape index (κ1) is 27.0. The van der Waals surface area contributed by atoms with Crippen LogP contribution in [0.1, 0.15) is 11.3 Å². The minimum atomic E-state index is -3.59. The Bertz CT molecular complexity index is 1530. The van der Waals surface area contributed by atoms with Crippen molar-refractivity contribution in [1.82, 2.24) is 24.0 Å². The van der Waals surface area contributed by atoms with Crippen molar-refractivity contribution in [3.05, 3.63) is 78.3 Å². The zero-order valence-electron chi connectivity index (χ0n) is 21.7. The molecule has 4 aromatic rings. The van der Waals surface area contributed by atoms with Crippen LogP contribution in [0.4, 0.5) is 0 Å². The van der Waals surface area contributed by atoms with Gasteiger partial charge in [-0.05, 0) is 43.3 Å². The van der Waals surface area contributed by atoms with Crippen LogP contribution in [0.25, 0.3) is 11.4 Å². The Balaban J connectivity index is 1.25. The number of aromatic nitrogens is 3. The monoisotopic (exact) mass is 567 g/mol. The van der Waals surface area contributed by atoms with Crippen LogP contribution >= 0.6 is 11.8 Å². The zero-order chi connectivity index (χ0) is 27.4. The quantitative estimate of drug-likeness (QED) is 0.283. The van der Waals surface area contributed by atoms with E-state index in [1.165, 1.54) is 16.1 Å². The van der Waals surface area contributed by atoms with Crippen LogP contribution in [0, 0.1) is 6.92 Å². The number of methoxy groups -OCH3 is 1. The first-order chi connectivity index (χ1) is 18.8. The molecule has 2 aromatic heterocycles. The molecule has 0 unspecified atom stereocenters. The highest BCUT2D eigenvalue weighted by Crippen LogP contribution is 2.28. The minimum absolute atomic E-state index is 0.0807. The van der Waals surface area contributed by atoms with E-state index in [4.69, 9.17) is 9.15 Å². The average Bonchev–Trinajstić information content (AvgIpc) is 3.62. The van der Waals surface area contributed by atoms with Gasteiger partial charge in [-0.3, -0.25) is 9.36 Å². The number of benzene rings is 2. The van der Waals surface area contributed by atoms with E-state index in [1.54, 1.807) is 42.5 Å². The Hall–Kier alpha value is -3.61. The average molecular weight is 568 g/mol. The molecule has 204 valence electrons. The Morgan fingerprint density at radius 1 is 1.03 bits per heavy atom. The molecule has 0 bridgehead atoms. The number of hydrogen-bond donors (Lipinski definition) is 0. The van der Waals surface area contributed by atoms with Crippen LogP contribution in [0.5, 0.6) is 5.75 Å². The van der Waals surface area contributed by atoms with Crippen molar-refractivity contribution in [2.75, 3.05) is 39.0 Å². The lowest BCUT2D eigenvalue weighted by atomic mass is 10.2. The largest absolute Gasteiger partial charge is 0.497 e. The second-order valence-corrected chi connectivity index (χ2v) is 12.0. The summed E-state index contributed by atoms with van der Waals surface area (Å²) in [7, 11) is -1.98. The smallest absolute Gasteiger partial charge is 0.243 e. The van der Waals surface area contributed by atoms with Gasteiger partial charge in [-0.25, -0.2) is 8.42 Å². The van der Waals surface area contributed by atoms with Gasteiger partial charge in [-0.1, -0.05) is 41.6 Å². The third kappa shape index (κ3) is 6.02.